The molecule has 0 saturated carbocycles. The van der Waals surface area contributed by atoms with Crippen molar-refractivity contribution in [1.29, 1.82) is 0 Å². The van der Waals surface area contributed by atoms with Gasteiger partial charge in [-0.15, -0.1) is 11.3 Å². The summed E-state index contributed by atoms with van der Waals surface area (Å²) in [5, 5.41) is 8.22. The molecule has 1 amide bonds. The van der Waals surface area contributed by atoms with Crippen molar-refractivity contribution in [3.8, 4) is 0 Å². The SMILES string of the molecule is CCC(NC(=O)c1nc(NC)ccc1Cl)c1cccs1. The van der Waals surface area contributed by atoms with Crippen molar-refractivity contribution < 1.29 is 4.79 Å². The maximum absolute atomic E-state index is 12.3. The fourth-order valence-corrected chi connectivity index (χ4v) is 2.88. The number of carbonyl (C=O) groups is 1. The van der Waals surface area contributed by atoms with E-state index in [0.29, 0.717) is 10.8 Å². The number of carbonyl (C=O) groups excluding carboxylic acids is 1. The summed E-state index contributed by atoms with van der Waals surface area (Å²) in [5.41, 5.74) is 0.244. The highest BCUT2D eigenvalue weighted by Crippen LogP contribution is 2.23. The minimum Gasteiger partial charge on any atom is -0.373 e. The minimum atomic E-state index is -0.257. The number of aromatic nitrogens is 1. The van der Waals surface area contributed by atoms with Crippen molar-refractivity contribution in [2.45, 2.75) is 19.4 Å². The Hall–Kier alpha value is -1.59. The van der Waals surface area contributed by atoms with Gasteiger partial charge in [0.2, 0.25) is 0 Å². The van der Waals surface area contributed by atoms with Gasteiger partial charge in [-0.25, -0.2) is 4.98 Å². The van der Waals surface area contributed by atoms with Gasteiger partial charge >= 0.3 is 0 Å². The van der Waals surface area contributed by atoms with Crippen LogP contribution in [0.25, 0.3) is 0 Å². The lowest BCUT2D eigenvalue weighted by atomic mass is 10.2. The van der Waals surface area contributed by atoms with Crippen LogP contribution in [0.15, 0.2) is 29.6 Å². The molecule has 2 rings (SSSR count). The summed E-state index contributed by atoms with van der Waals surface area (Å²) in [6, 6.07) is 7.37. The standard InChI is InChI=1S/C14H16ClN3OS/c1-3-10(11-5-4-8-20-11)17-14(19)13-9(15)6-7-12(16-2)18-13/h4-8,10H,3H2,1-2H3,(H,16,18)(H,17,19). The van der Waals surface area contributed by atoms with Crippen molar-refractivity contribution in [3.05, 3.63) is 45.2 Å². The molecule has 2 aromatic heterocycles. The second-order valence-electron chi connectivity index (χ2n) is 4.23. The molecule has 2 heterocycles. The Kier molecular flexibility index (Phi) is 4.98. The summed E-state index contributed by atoms with van der Waals surface area (Å²) >= 11 is 7.68. The molecule has 0 aliphatic carbocycles. The zero-order valence-corrected chi connectivity index (χ0v) is 12.9. The van der Waals surface area contributed by atoms with Crippen LogP contribution < -0.4 is 10.6 Å². The second-order valence-corrected chi connectivity index (χ2v) is 5.61. The number of nitrogens with one attached hydrogen (secondary N) is 2. The smallest absolute Gasteiger partial charge is 0.272 e. The Morgan fingerprint density at radius 3 is 2.85 bits per heavy atom. The quantitative estimate of drug-likeness (QED) is 0.885. The van der Waals surface area contributed by atoms with E-state index in [1.807, 2.05) is 24.4 Å². The summed E-state index contributed by atoms with van der Waals surface area (Å²) in [6.07, 6.45) is 0.815. The largest absolute Gasteiger partial charge is 0.373 e. The Bertz CT molecular complexity index is 586. The summed E-state index contributed by atoms with van der Waals surface area (Å²) in [7, 11) is 1.75. The maximum Gasteiger partial charge on any atom is 0.272 e. The third-order valence-corrected chi connectivity index (χ3v) is 4.21. The normalized spacial score (nSPS) is 11.9. The zero-order valence-electron chi connectivity index (χ0n) is 11.3. The van der Waals surface area contributed by atoms with E-state index < -0.39 is 0 Å². The number of halogens is 1. The number of hydrogen-bond acceptors (Lipinski definition) is 4. The van der Waals surface area contributed by atoms with Crippen molar-refractivity contribution in [2.75, 3.05) is 12.4 Å². The topological polar surface area (TPSA) is 54.0 Å². The van der Waals surface area contributed by atoms with Gasteiger partial charge in [-0.1, -0.05) is 24.6 Å². The van der Waals surface area contributed by atoms with Crippen LogP contribution in [0.4, 0.5) is 5.82 Å². The number of amides is 1. The predicted octanol–water partition coefficient (Wildman–Crippen LogP) is 3.72. The molecule has 106 valence electrons. The van der Waals surface area contributed by atoms with Gasteiger partial charge in [-0.2, -0.15) is 0 Å². The first-order chi connectivity index (χ1) is 9.65. The van der Waals surface area contributed by atoms with E-state index in [-0.39, 0.29) is 17.6 Å². The third kappa shape index (κ3) is 3.29. The monoisotopic (exact) mass is 309 g/mol. The number of hydrogen-bond donors (Lipinski definition) is 2. The van der Waals surface area contributed by atoms with Crippen LogP contribution >= 0.6 is 22.9 Å². The molecule has 2 N–H and O–H groups in total. The first-order valence-corrected chi connectivity index (χ1v) is 7.60. The van der Waals surface area contributed by atoms with Gasteiger partial charge in [0.1, 0.15) is 11.5 Å². The predicted molar refractivity (Wildman–Crippen MR) is 83.6 cm³/mol. The average Bonchev–Trinajstić information content (AvgIpc) is 2.99. The highest BCUT2D eigenvalue weighted by molar-refractivity contribution is 7.10. The molecule has 0 fully saturated rings. The number of anilines is 1. The maximum atomic E-state index is 12.3. The molecule has 1 unspecified atom stereocenters. The molecule has 20 heavy (non-hydrogen) atoms. The fraction of sp³-hybridized carbons (Fsp3) is 0.286. The molecule has 1 atom stereocenters. The van der Waals surface area contributed by atoms with Crippen molar-refractivity contribution in [2.24, 2.45) is 0 Å². The lowest BCUT2D eigenvalue weighted by Crippen LogP contribution is -2.28. The molecular weight excluding hydrogens is 294 g/mol. The van der Waals surface area contributed by atoms with E-state index in [2.05, 4.69) is 15.6 Å². The number of nitrogens with zero attached hydrogens (tertiary/aromatic N) is 1. The van der Waals surface area contributed by atoms with Gasteiger partial charge in [0.25, 0.3) is 5.91 Å². The van der Waals surface area contributed by atoms with Crippen LogP contribution in [0.3, 0.4) is 0 Å². The molecule has 0 saturated heterocycles. The van der Waals surface area contributed by atoms with Crippen molar-refractivity contribution in [1.82, 2.24) is 10.3 Å². The third-order valence-electron chi connectivity index (χ3n) is 2.92. The lowest BCUT2D eigenvalue weighted by molar-refractivity contribution is 0.0931. The van der Waals surface area contributed by atoms with E-state index in [0.717, 1.165) is 11.3 Å². The van der Waals surface area contributed by atoms with Crippen LogP contribution in [0.2, 0.25) is 5.02 Å². The molecule has 0 aromatic carbocycles. The lowest BCUT2D eigenvalue weighted by Gasteiger charge is -2.16. The van der Waals surface area contributed by atoms with Crippen LogP contribution in [0.5, 0.6) is 0 Å². The van der Waals surface area contributed by atoms with Gasteiger partial charge in [0, 0.05) is 11.9 Å². The molecule has 0 radical (unpaired) electrons. The fourth-order valence-electron chi connectivity index (χ4n) is 1.83. The molecule has 6 heteroatoms. The Morgan fingerprint density at radius 1 is 1.45 bits per heavy atom. The van der Waals surface area contributed by atoms with Gasteiger partial charge in [-0.05, 0) is 30.0 Å². The Morgan fingerprint density at radius 2 is 2.25 bits per heavy atom. The van der Waals surface area contributed by atoms with Crippen LogP contribution in [0, 0.1) is 0 Å². The van der Waals surface area contributed by atoms with Crippen LogP contribution in [0.1, 0.15) is 34.8 Å². The highest BCUT2D eigenvalue weighted by Gasteiger charge is 2.18. The minimum absolute atomic E-state index is 0.0152. The number of pyridine rings is 1. The Labute approximate surface area is 127 Å². The molecule has 0 spiro atoms. The molecular formula is C14H16ClN3OS. The van der Waals surface area contributed by atoms with E-state index >= 15 is 0 Å². The molecule has 0 aliphatic rings. The molecule has 0 bridgehead atoms. The van der Waals surface area contributed by atoms with E-state index in [4.69, 9.17) is 11.6 Å². The van der Waals surface area contributed by atoms with E-state index in [9.17, 15) is 4.79 Å². The molecule has 2 aromatic rings. The molecule has 0 aliphatic heterocycles. The summed E-state index contributed by atoms with van der Waals surface area (Å²) in [5.74, 6) is 0.357. The van der Waals surface area contributed by atoms with Crippen LogP contribution in [-0.4, -0.2) is 17.9 Å². The molecule has 4 nitrogen and oxygen atoms in total. The van der Waals surface area contributed by atoms with Crippen molar-refractivity contribution >= 4 is 34.7 Å². The van der Waals surface area contributed by atoms with Gasteiger partial charge < -0.3 is 10.6 Å². The summed E-state index contributed by atoms with van der Waals surface area (Å²) in [4.78, 5) is 17.7. The first kappa shape index (κ1) is 14.8. The van der Waals surface area contributed by atoms with E-state index in [1.165, 1.54) is 0 Å². The van der Waals surface area contributed by atoms with Gasteiger partial charge in [-0.3, -0.25) is 4.79 Å². The van der Waals surface area contributed by atoms with Crippen molar-refractivity contribution in [3.63, 3.8) is 0 Å². The number of rotatable bonds is 5. The second kappa shape index (κ2) is 6.72. The highest BCUT2D eigenvalue weighted by atomic mass is 35.5. The van der Waals surface area contributed by atoms with Gasteiger partial charge in [0.05, 0.1) is 11.1 Å². The Balaban J connectivity index is 2.19. The van der Waals surface area contributed by atoms with E-state index in [1.54, 1.807) is 30.5 Å². The average molecular weight is 310 g/mol. The van der Waals surface area contributed by atoms with Gasteiger partial charge in [0.15, 0.2) is 0 Å². The first-order valence-electron chi connectivity index (χ1n) is 6.34. The zero-order chi connectivity index (χ0) is 14.5. The number of thiophene rings is 1. The summed E-state index contributed by atoms with van der Waals surface area (Å²) in [6.45, 7) is 2.03. The van der Waals surface area contributed by atoms with Crippen LogP contribution in [-0.2, 0) is 0 Å². The summed E-state index contributed by atoms with van der Waals surface area (Å²) < 4.78 is 0.